The number of thioether (sulfide) groups is 1. The summed E-state index contributed by atoms with van der Waals surface area (Å²) in [6, 6.07) is 17.0. The summed E-state index contributed by atoms with van der Waals surface area (Å²) >= 11 is 5.35. The van der Waals surface area contributed by atoms with Crippen LogP contribution in [0.2, 0.25) is 0 Å². The Bertz CT molecular complexity index is 930. The Kier molecular flexibility index (Phi) is 6.16. The SMILES string of the molecule is CCCSC1=NC2(CC(c3ccccc3)Cc3ccc(Br)cc32)C(=O)N1CCC. The van der Waals surface area contributed by atoms with Gasteiger partial charge >= 0.3 is 0 Å². The normalized spacial score (nSPS) is 23.4. The van der Waals surface area contributed by atoms with Crippen molar-refractivity contribution in [2.75, 3.05) is 12.3 Å². The van der Waals surface area contributed by atoms with Crippen LogP contribution in [0.5, 0.6) is 0 Å². The molecular weight excluding hydrogens is 444 g/mol. The number of amides is 1. The highest BCUT2D eigenvalue weighted by Gasteiger charge is 2.53. The van der Waals surface area contributed by atoms with Gasteiger partial charge in [0, 0.05) is 16.8 Å². The van der Waals surface area contributed by atoms with Gasteiger partial charge in [0.05, 0.1) is 0 Å². The van der Waals surface area contributed by atoms with Gasteiger partial charge in [0.15, 0.2) is 10.7 Å². The summed E-state index contributed by atoms with van der Waals surface area (Å²) in [4.78, 5) is 21.0. The minimum atomic E-state index is -0.802. The van der Waals surface area contributed by atoms with E-state index in [1.807, 2.05) is 4.90 Å². The molecule has 0 radical (unpaired) electrons. The molecule has 3 nitrogen and oxygen atoms in total. The molecule has 2 aromatic rings. The van der Waals surface area contributed by atoms with Crippen LogP contribution >= 0.6 is 27.7 Å². The zero-order valence-electron chi connectivity index (χ0n) is 17.0. The average molecular weight is 471 g/mol. The molecule has 1 aliphatic heterocycles. The molecule has 0 saturated heterocycles. The summed E-state index contributed by atoms with van der Waals surface area (Å²) in [5.41, 5.74) is 2.81. The van der Waals surface area contributed by atoms with Crippen LogP contribution in [0.3, 0.4) is 0 Å². The number of benzene rings is 2. The molecule has 1 aliphatic carbocycles. The fourth-order valence-electron chi connectivity index (χ4n) is 4.49. The third kappa shape index (κ3) is 3.79. The Morgan fingerprint density at radius 1 is 1.17 bits per heavy atom. The molecule has 29 heavy (non-hydrogen) atoms. The van der Waals surface area contributed by atoms with E-state index in [-0.39, 0.29) is 11.8 Å². The van der Waals surface area contributed by atoms with Crippen LogP contribution in [0.1, 0.15) is 55.7 Å². The number of amidine groups is 1. The first-order chi connectivity index (χ1) is 14.1. The van der Waals surface area contributed by atoms with Crippen molar-refractivity contribution in [2.45, 2.75) is 51.0 Å². The first-order valence-corrected chi connectivity index (χ1v) is 12.3. The van der Waals surface area contributed by atoms with E-state index in [1.165, 1.54) is 11.1 Å². The zero-order valence-corrected chi connectivity index (χ0v) is 19.4. The molecule has 2 unspecified atom stereocenters. The Hall–Kier alpha value is -1.59. The Morgan fingerprint density at radius 2 is 1.97 bits per heavy atom. The van der Waals surface area contributed by atoms with E-state index >= 15 is 0 Å². The summed E-state index contributed by atoms with van der Waals surface area (Å²) in [7, 11) is 0. The zero-order chi connectivity index (χ0) is 20.4. The van der Waals surface area contributed by atoms with Crippen molar-refractivity contribution in [1.82, 2.24) is 4.90 Å². The number of hydrogen-bond acceptors (Lipinski definition) is 3. The van der Waals surface area contributed by atoms with Gasteiger partial charge < -0.3 is 0 Å². The maximum atomic E-state index is 13.9. The molecule has 0 aromatic heterocycles. The van der Waals surface area contributed by atoms with E-state index < -0.39 is 5.54 Å². The number of aliphatic imine (C=N–C) groups is 1. The summed E-state index contributed by atoms with van der Waals surface area (Å²) in [5.74, 6) is 1.42. The van der Waals surface area contributed by atoms with E-state index in [0.717, 1.165) is 53.2 Å². The maximum Gasteiger partial charge on any atom is 0.261 e. The molecule has 5 heteroatoms. The van der Waals surface area contributed by atoms with Crippen LogP contribution in [-0.2, 0) is 16.8 Å². The van der Waals surface area contributed by atoms with Crippen molar-refractivity contribution >= 4 is 38.8 Å². The lowest BCUT2D eigenvalue weighted by Gasteiger charge is -2.37. The molecule has 0 bridgehead atoms. The van der Waals surface area contributed by atoms with Crippen LogP contribution in [0.25, 0.3) is 0 Å². The number of hydrogen-bond donors (Lipinski definition) is 0. The second-order valence-corrected chi connectivity index (χ2v) is 9.85. The molecule has 152 valence electrons. The van der Waals surface area contributed by atoms with Gasteiger partial charge in [-0.2, -0.15) is 0 Å². The smallest absolute Gasteiger partial charge is 0.261 e. The lowest BCUT2D eigenvalue weighted by Crippen LogP contribution is -2.44. The van der Waals surface area contributed by atoms with Crippen molar-refractivity contribution < 1.29 is 4.79 Å². The maximum absolute atomic E-state index is 13.9. The largest absolute Gasteiger partial charge is 0.289 e. The first kappa shape index (κ1) is 20.7. The van der Waals surface area contributed by atoms with Gasteiger partial charge in [-0.15, -0.1) is 0 Å². The Labute approximate surface area is 186 Å². The number of rotatable bonds is 5. The molecule has 0 N–H and O–H groups in total. The number of fused-ring (bicyclic) bond motifs is 2. The number of halogens is 1. The van der Waals surface area contributed by atoms with Crippen molar-refractivity contribution in [3.05, 3.63) is 69.7 Å². The van der Waals surface area contributed by atoms with Crippen LogP contribution in [0.15, 0.2) is 58.0 Å². The molecule has 4 rings (SSSR count). The van der Waals surface area contributed by atoms with Gasteiger partial charge in [-0.05, 0) is 60.4 Å². The third-order valence-electron chi connectivity index (χ3n) is 5.80. The fourth-order valence-corrected chi connectivity index (χ4v) is 5.79. The van der Waals surface area contributed by atoms with Crippen molar-refractivity contribution in [3.8, 4) is 0 Å². The van der Waals surface area contributed by atoms with Gasteiger partial charge in [0.1, 0.15) is 0 Å². The lowest BCUT2D eigenvalue weighted by atomic mass is 9.69. The Morgan fingerprint density at radius 3 is 2.69 bits per heavy atom. The second kappa shape index (κ2) is 8.65. The Balaban J connectivity index is 1.84. The van der Waals surface area contributed by atoms with E-state index in [0.29, 0.717) is 0 Å². The predicted octanol–water partition coefficient (Wildman–Crippen LogP) is 6.13. The summed E-state index contributed by atoms with van der Waals surface area (Å²) in [6.45, 7) is 5.02. The number of carbonyl (C=O) groups is 1. The summed E-state index contributed by atoms with van der Waals surface area (Å²) in [5, 5.41) is 0.901. The van der Waals surface area contributed by atoms with Gasteiger partial charge in [-0.25, -0.2) is 4.99 Å². The fraction of sp³-hybridized carbons (Fsp3) is 0.417. The molecule has 2 aliphatic rings. The highest BCUT2D eigenvalue weighted by molar-refractivity contribution is 9.10. The first-order valence-electron chi connectivity index (χ1n) is 10.5. The highest BCUT2D eigenvalue weighted by atomic mass is 79.9. The van der Waals surface area contributed by atoms with E-state index in [2.05, 4.69) is 78.3 Å². The molecule has 2 atom stereocenters. The monoisotopic (exact) mass is 470 g/mol. The molecule has 1 spiro atoms. The highest BCUT2D eigenvalue weighted by Crippen LogP contribution is 2.49. The molecule has 1 amide bonds. The molecular formula is C24H27BrN2OS. The molecule has 1 heterocycles. The summed E-state index contributed by atoms with van der Waals surface area (Å²) in [6.07, 6.45) is 3.68. The molecule has 0 saturated carbocycles. The third-order valence-corrected chi connectivity index (χ3v) is 7.47. The average Bonchev–Trinajstić information content (AvgIpc) is 3.00. The topological polar surface area (TPSA) is 32.7 Å². The van der Waals surface area contributed by atoms with Crippen molar-refractivity contribution in [3.63, 3.8) is 0 Å². The minimum absolute atomic E-state index is 0.151. The lowest BCUT2D eigenvalue weighted by molar-refractivity contribution is -0.132. The predicted molar refractivity (Wildman–Crippen MR) is 126 cm³/mol. The molecule has 2 aromatic carbocycles. The standard InChI is InChI=1S/C24H27BrN2OS/c1-3-12-27-22(28)24(26-23(27)29-13-4-2)16-19(17-8-6-5-7-9-17)14-18-10-11-20(25)15-21(18)24/h5-11,15,19H,3-4,12-14,16H2,1-2H3. The van der Waals surface area contributed by atoms with E-state index in [9.17, 15) is 4.79 Å². The molecule has 0 fully saturated rings. The quantitative estimate of drug-likeness (QED) is 0.526. The second-order valence-electron chi connectivity index (χ2n) is 7.88. The van der Waals surface area contributed by atoms with Gasteiger partial charge in [-0.1, -0.05) is 77.9 Å². The van der Waals surface area contributed by atoms with Gasteiger partial charge in [0.25, 0.3) is 5.91 Å². The number of nitrogens with zero attached hydrogens (tertiary/aromatic N) is 2. The summed E-state index contributed by atoms with van der Waals surface area (Å²) < 4.78 is 1.01. The van der Waals surface area contributed by atoms with Crippen LogP contribution in [-0.4, -0.2) is 28.3 Å². The van der Waals surface area contributed by atoms with Crippen molar-refractivity contribution in [1.29, 1.82) is 0 Å². The van der Waals surface area contributed by atoms with Crippen molar-refractivity contribution in [2.24, 2.45) is 4.99 Å². The van der Waals surface area contributed by atoms with Crippen LogP contribution < -0.4 is 0 Å². The number of carbonyl (C=O) groups excluding carboxylic acids is 1. The minimum Gasteiger partial charge on any atom is -0.289 e. The van der Waals surface area contributed by atoms with Crippen LogP contribution in [0.4, 0.5) is 0 Å². The van der Waals surface area contributed by atoms with Gasteiger partial charge in [-0.3, -0.25) is 9.69 Å². The van der Waals surface area contributed by atoms with E-state index in [1.54, 1.807) is 11.8 Å². The van der Waals surface area contributed by atoms with E-state index in [4.69, 9.17) is 4.99 Å². The van der Waals surface area contributed by atoms with Gasteiger partial charge in [0.2, 0.25) is 0 Å². The van der Waals surface area contributed by atoms with Crippen LogP contribution in [0, 0.1) is 0 Å².